The maximum atomic E-state index is 4.12. The molecule has 0 heterocycles. The SMILES string of the molecule is [13CH2]=C1CC[C@@H]2C[C@]12C=[13C](Br)Br. The van der Waals surface area contributed by atoms with Gasteiger partial charge in [0, 0.05) is 5.41 Å². The van der Waals surface area contributed by atoms with E-state index in [0.717, 1.165) is 9.31 Å². The molecule has 2 aliphatic rings. The van der Waals surface area contributed by atoms with Gasteiger partial charge < -0.3 is 0 Å². The van der Waals surface area contributed by atoms with Crippen LogP contribution in [0.5, 0.6) is 0 Å². The van der Waals surface area contributed by atoms with E-state index in [0.29, 0.717) is 5.41 Å². The van der Waals surface area contributed by atoms with Crippen LogP contribution < -0.4 is 0 Å². The zero-order chi connectivity index (χ0) is 8.06. The quantitative estimate of drug-likeness (QED) is 0.503. The van der Waals surface area contributed by atoms with Crippen LogP contribution in [0.2, 0.25) is 0 Å². The molecule has 60 valence electrons. The molecule has 0 aromatic carbocycles. The zero-order valence-corrected chi connectivity index (χ0v) is 9.41. The number of fused-ring (bicyclic) bond motifs is 1. The first-order chi connectivity index (χ1) is 5.15. The fourth-order valence-corrected chi connectivity index (χ4v) is 3.01. The van der Waals surface area contributed by atoms with Crippen LogP contribution >= 0.6 is 31.9 Å². The first-order valence-corrected chi connectivity index (χ1v) is 5.46. The van der Waals surface area contributed by atoms with Crippen LogP contribution in [0.25, 0.3) is 0 Å². The largest absolute Gasteiger partial charge is 0.0990 e. The monoisotopic (exact) mass is 278 g/mol. The smallest absolute Gasteiger partial charge is 0.0573 e. The summed E-state index contributed by atoms with van der Waals surface area (Å²) in [5.41, 5.74) is 1.82. The Balaban J connectivity index is 2.25. The summed E-state index contributed by atoms with van der Waals surface area (Å²) in [6.45, 7) is 4.12. The Morgan fingerprint density at radius 1 is 1.64 bits per heavy atom. The number of hydrogen-bond donors (Lipinski definition) is 0. The van der Waals surface area contributed by atoms with Gasteiger partial charge in [0.25, 0.3) is 0 Å². The van der Waals surface area contributed by atoms with E-state index in [4.69, 9.17) is 0 Å². The highest BCUT2D eigenvalue weighted by Crippen LogP contribution is 2.67. The Hall–Kier alpha value is 0.440. The maximum Gasteiger partial charge on any atom is 0.0573 e. The van der Waals surface area contributed by atoms with E-state index in [2.05, 4.69) is 44.5 Å². The van der Waals surface area contributed by atoms with Crippen molar-refractivity contribution in [3.63, 3.8) is 0 Å². The second-order valence-corrected chi connectivity index (χ2v) is 6.29. The highest BCUT2D eigenvalue weighted by Gasteiger charge is 2.57. The molecule has 0 N–H and O–H groups in total. The number of hydrogen-bond acceptors (Lipinski definition) is 0. The minimum Gasteiger partial charge on any atom is -0.0990 e. The van der Waals surface area contributed by atoms with Crippen molar-refractivity contribution in [2.75, 3.05) is 0 Å². The molecular weight excluding hydrogens is 270 g/mol. The molecule has 0 unspecified atom stereocenters. The van der Waals surface area contributed by atoms with Crippen LogP contribution in [0.1, 0.15) is 19.3 Å². The second-order valence-electron chi connectivity index (χ2n) is 3.52. The summed E-state index contributed by atoms with van der Waals surface area (Å²) < 4.78 is 1.08. The van der Waals surface area contributed by atoms with Crippen molar-refractivity contribution in [3.05, 3.63) is 21.6 Å². The minimum absolute atomic E-state index is 0.391. The third kappa shape index (κ3) is 1.15. The average Bonchev–Trinajstić information content (AvgIpc) is 2.51. The van der Waals surface area contributed by atoms with Crippen molar-refractivity contribution >= 4 is 31.9 Å². The molecule has 2 atom stereocenters. The molecular formula is C9H10Br2. The summed E-state index contributed by atoms with van der Waals surface area (Å²) in [6, 6.07) is 0. The molecule has 0 saturated heterocycles. The van der Waals surface area contributed by atoms with Crippen LogP contribution in [-0.4, -0.2) is 0 Å². The van der Waals surface area contributed by atoms with E-state index in [1.54, 1.807) is 0 Å². The molecule has 0 aliphatic heterocycles. The van der Waals surface area contributed by atoms with E-state index in [1.807, 2.05) is 0 Å². The summed E-state index contributed by atoms with van der Waals surface area (Å²) in [5.74, 6) is 0.903. The van der Waals surface area contributed by atoms with Gasteiger partial charge in [-0.25, -0.2) is 0 Å². The van der Waals surface area contributed by atoms with Gasteiger partial charge in [-0.05, 0) is 57.0 Å². The minimum atomic E-state index is 0.391. The third-order valence-electron chi connectivity index (χ3n) is 2.97. The molecule has 0 nitrogen and oxygen atoms in total. The first-order valence-electron chi connectivity index (χ1n) is 3.87. The predicted octanol–water partition coefficient (Wildman–Crippen LogP) is 3.97. The normalized spacial score (nSPS) is 40.2. The van der Waals surface area contributed by atoms with E-state index in [1.165, 1.54) is 24.8 Å². The van der Waals surface area contributed by atoms with E-state index in [-0.39, 0.29) is 0 Å². The van der Waals surface area contributed by atoms with Gasteiger partial charge in [0.15, 0.2) is 0 Å². The van der Waals surface area contributed by atoms with Crippen LogP contribution in [0.4, 0.5) is 0 Å². The highest BCUT2D eigenvalue weighted by molar-refractivity contribution is 9.28. The van der Waals surface area contributed by atoms with Gasteiger partial charge >= 0.3 is 0 Å². The maximum absolute atomic E-state index is 4.12. The Labute approximate surface area is 84.0 Å². The van der Waals surface area contributed by atoms with Gasteiger partial charge in [0.2, 0.25) is 0 Å². The summed E-state index contributed by atoms with van der Waals surface area (Å²) in [5, 5.41) is 0. The van der Waals surface area contributed by atoms with Gasteiger partial charge in [0.05, 0.1) is 3.39 Å². The molecule has 2 saturated carbocycles. The van der Waals surface area contributed by atoms with Crippen molar-refractivity contribution in [3.8, 4) is 0 Å². The number of halogens is 2. The van der Waals surface area contributed by atoms with Crippen molar-refractivity contribution in [2.24, 2.45) is 11.3 Å². The van der Waals surface area contributed by atoms with Crippen LogP contribution in [0.3, 0.4) is 0 Å². The molecule has 0 amide bonds. The molecule has 2 fully saturated rings. The average molecular weight is 280 g/mol. The Morgan fingerprint density at radius 2 is 2.36 bits per heavy atom. The lowest BCUT2D eigenvalue weighted by Gasteiger charge is -2.07. The summed E-state index contributed by atoms with van der Waals surface area (Å²) in [7, 11) is 0. The molecule has 2 aliphatic carbocycles. The van der Waals surface area contributed by atoms with Gasteiger partial charge in [-0.2, -0.15) is 0 Å². The third-order valence-corrected chi connectivity index (χ3v) is 3.43. The standard InChI is InChI=1S/C9H10Br2/c1-6-2-3-7-4-9(6,7)5-8(10)11/h5,7H,1-4H2/t7-,9+/m1/s1/i1+1,8+1. The lowest BCUT2D eigenvalue weighted by molar-refractivity contribution is 0.742. The molecule has 0 bridgehead atoms. The molecule has 0 radical (unpaired) electrons. The zero-order valence-electron chi connectivity index (χ0n) is 6.24. The molecule has 2 heteroatoms. The lowest BCUT2D eigenvalue weighted by Crippen LogP contribution is -1.95. The fourth-order valence-electron chi connectivity index (χ4n) is 2.20. The van der Waals surface area contributed by atoms with Crippen molar-refractivity contribution < 1.29 is 0 Å². The predicted molar refractivity (Wildman–Crippen MR) is 54.9 cm³/mol. The van der Waals surface area contributed by atoms with Gasteiger partial charge in [0.1, 0.15) is 0 Å². The summed E-state index contributed by atoms with van der Waals surface area (Å²) >= 11 is 6.82. The molecule has 0 aromatic heterocycles. The highest BCUT2D eigenvalue weighted by atomic mass is 79.9. The van der Waals surface area contributed by atoms with Crippen LogP contribution in [0, 0.1) is 11.3 Å². The fraction of sp³-hybridized carbons (Fsp3) is 0.556. The molecule has 2 rings (SSSR count). The first kappa shape index (κ1) is 8.06. The van der Waals surface area contributed by atoms with Crippen molar-refractivity contribution in [1.82, 2.24) is 0 Å². The van der Waals surface area contributed by atoms with Crippen LogP contribution in [0.15, 0.2) is 21.6 Å². The molecule has 11 heavy (non-hydrogen) atoms. The Bertz CT molecular complexity index is 238. The van der Waals surface area contributed by atoms with Crippen LogP contribution in [-0.2, 0) is 0 Å². The Morgan fingerprint density at radius 3 is 2.73 bits per heavy atom. The summed E-state index contributed by atoms with van der Waals surface area (Å²) in [6.07, 6.45) is 6.18. The van der Waals surface area contributed by atoms with Gasteiger partial charge in [-0.1, -0.05) is 18.2 Å². The van der Waals surface area contributed by atoms with Gasteiger partial charge in [-0.3, -0.25) is 0 Å². The lowest BCUT2D eigenvalue weighted by atomic mass is 10.0. The topological polar surface area (TPSA) is 0 Å². The van der Waals surface area contributed by atoms with E-state index >= 15 is 0 Å². The van der Waals surface area contributed by atoms with Crippen molar-refractivity contribution in [2.45, 2.75) is 19.3 Å². The number of allylic oxidation sites excluding steroid dienone is 2. The molecule has 0 aromatic rings. The molecule has 0 spiro atoms. The van der Waals surface area contributed by atoms with E-state index < -0.39 is 0 Å². The van der Waals surface area contributed by atoms with Gasteiger partial charge in [-0.15, -0.1) is 0 Å². The van der Waals surface area contributed by atoms with Crippen molar-refractivity contribution in [1.29, 1.82) is 0 Å². The summed E-state index contributed by atoms with van der Waals surface area (Å²) in [4.78, 5) is 0. The number of rotatable bonds is 1. The second kappa shape index (κ2) is 2.46. The Kier molecular flexibility index (Phi) is 1.80. The van der Waals surface area contributed by atoms with E-state index in [9.17, 15) is 0 Å².